The van der Waals surface area contributed by atoms with Crippen molar-refractivity contribution in [2.24, 2.45) is 0 Å². The fourth-order valence-corrected chi connectivity index (χ4v) is 3.00. The summed E-state index contributed by atoms with van der Waals surface area (Å²) in [4.78, 5) is 0. The molecule has 0 amide bonds. The van der Waals surface area contributed by atoms with Crippen LogP contribution in [-0.4, -0.2) is 22.1 Å². The van der Waals surface area contributed by atoms with Crippen molar-refractivity contribution < 1.29 is 4.43 Å². The summed E-state index contributed by atoms with van der Waals surface area (Å²) in [5.74, 6) is 0.941. The predicted molar refractivity (Wildman–Crippen MR) is 77.8 cm³/mol. The Balaban J connectivity index is 2.23. The molecule has 0 saturated heterocycles. The highest BCUT2D eigenvalue weighted by Gasteiger charge is 2.01. The quantitative estimate of drug-likeness (QED) is 0.449. The van der Waals surface area contributed by atoms with Crippen molar-refractivity contribution in [3.05, 3.63) is 33.3 Å². The summed E-state index contributed by atoms with van der Waals surface area (Å²) in [6.45, 7) is 0.754. The molecule has 1 aromatic carbocycles. The van der Waals surface area contributed by atoms with Crippen molar-refractivity contribution in [3.63, 3.8) is 0 Å². The van der Waals surface area contributed by atoms with E-state index in [1.165, 1.54) is 5.56 Å². The van der Waals surface area contributed by atoms with Crippen LogP contribution < -0.4 is 0 Å². The predicted octanol–water partition coefficient (Wildman–Crippen LogP) is 4.02. The van der Waals surface area contributed by atoms with Crippen LogP contribution >= 0.6 is 40.2 Å². The summed E-state index contributed by atoms with van der Waals surface area (Å²) in [7, 11) is 0.588. The minimum Gasteiger partial charge on any atom is -0.417 e. The molecule has 0 N–H and O–H groups in total. The molecule has 0 aromatic heterocycles. The second-order valence-electron chi connectivity index (χ2n) is 3.31. The van der Waals surface area contributed by atoms with Gasteiger partial charge in [0.1, 0.15) is 0 Å². The van der Waals surface area contributed by atoms with Gasteiger partial charge in [-0.25, -0.2) is 0 Å². The highest BCUT2D eigenvalue weighted by Crippen LogP contribution is 2.21. The highest BCUT2D eigenvalue weighted by molar-refractivity contribution is 9.10. The third-order valence-corrected chi connectivity index (χ3v) is 4.31. The van der Waals surface area contributed by atoms with Crippen LogP contribution in [0.4, 0.5) is 0 Å². The van der Waals surface area contributed by atoms with Gasteiger partial charge in [-0.15, -0.1) is 0 Å². The first kappa shape index (κ1) is 14.6. The van der Waals surface area contributed by atoms with E-state index in [-0.39, 0.29) is 0 Å². The number of thiol groups is 1. The molecule has 16 heavy (non-hydrogen) atoms. The van der Waals surface area contributed by atoms with Crippen LogP contribution in [0.15, 0.2) is 22.7 Å². The molecule has 0 atom stereocenters. The van der Waals surface area contributed by atoms with E-state index in [1.54, 1.807) is 0 Å². The maximum Gasteiger partial charge on any atom is 0.229 e. The number of hydrogen-bond donors (Lipinski definition) is 1. The van der Waals surface area contributed by atoms with Gasteiger partial charge < -0.3 is 4.43 Å². The molecule has 0 spiro atoms. The van der Waals surface area contributed by atoms with Gasteiger partial charge >= 0.3 is 0 Å². The van der Waals surface area contributed by atoms with Gasteiger partial charge in [-0.2, -0.15) is 12.6 Å². The van der Waals surface area contributed by atoms with Crippen LogP contribution in [0.2, 0.25) is 11.1 Å². The van der Waals surface area contributed by atoms with Crippen LogP contribution in [0.3, 0.4) is 0 Å². The average molecular weight is 338 g/mol. The Kier molecular flexibility index (Phi) is 7.82. The summed E-state index contributed by atoms with van der Waals surface area (Å²) < 4.78 is 6.66. The molecule has 1 aromatic rings. The molecule has 0 aliphatic carbocycles. The summed E-state index contributed by atoms with van der Waals surface area (Å²) in [6, 6.07) is 6.94. The molecule has 0 saturated carbocycles. The van der Waals surface area contributed by atoms with Gasteiger partial charge in [0.05, 0.1) is 0 Å². The third-order valence-electron chi connectivity index (χ3n) is 2.02. The molecule has 5 heteroatoms. The lowest BCUT2D eigenvalue weighted by atomic mass is 10.2. The second kappa shape index (κ2) is 8.58. The minimum absolute atomic E-state index is 0.588. The van der Waals surface area contributed by atoms with E-state index in [0.29, 0.717) is 9.76 Å². The molecule has 1 rings (SSSR count). The lowest BCUT2D eigenvalue weighted by Crippen LogP contribution is -2.03. The smallest absolute Gasteiger partial charge is 0.229 e. The standard InChI is InChI=1S/C11H14BrClOSSi/c12-11-3-2-10(13)8-9(11)4-5-14-16-7-1-6-15/h2-3,8,15H,1,4-7H2. The zero-order valence-corrected chi connectivity index (χ0v) is 13.1. The van der Waals surface area contributed by atoms with Crippen molar-refractivity contribution in [1.82, 2.24) is 0 Å². The van der Waals surface area contributed by atoms with E-state index in [2.05, 4.69) is 28.6 Å². The molecule has 1 nitrogen and oxygen atoms in total. The fourth-order valence-electron chi connectivity index (χ4n) is 1.19. The number of benzene rings is 1. The largest absolute Gasteiger partial charge is 0.417 e. The van der Waals surface area contributed by atoms with Crippen LogP contribution in [0.5, 0.6) is 0 Å². The monoisotopic (exact) mass is 336 g/mol. The Labute approximate surface area is 118 Å². The minimum atomic E-state index is 0.588. The lowest BCUT2D eigenvalue weighted by molar-refractivity contribution is 0.339. The summed E-state index contributed by atoms with van der Waals surface area (Å²) in [6.07, 6.45) is 2.03. The van der Waals surface area contributed by atoms with Crippen LogP contribution in [-0.2, 0) is 10.8 Å². The van der Waals surface area contributed by atoms with Crippen LogP contribution in [0.1, 0.15) is 12.0 Å². The zero-order chi connectivity index (χ0) is 11.8. The lowest BCUT2D eigenvalue weighted by Gasteiger charge is -2.05. The van der Waals surface area contributed by atoms with Crippen LogP contribution in [0, 0.1) is 0 Å². The van der Waals surface area contributed by atoms with Crippen LogP contribution in [0.25, 0.3) is 0 Å². The molecular formula is C11H14BrClOSSi. The Morgan fingerprint density at radius 2 is 2.25 bits per heavy atom. The summed E-state index contributed by atoms with van der Waals surface area (Å²) >= 11 is 13.6. The first-order valence-corrected chi connectivity index (χ1v) is 8.05. The maximum absolute atomic E-state index is 5.93. The van der Waals surface area contributed by atoms with Gasteiger partial charge in [0.2, 0.25) is 9.76 Å². The van der Waals surface area contributed by atoms with Gasteiger partial charge in [0.15, 0.2) is 0 Å². The first-order valence-electron chi connectivity index (χ1n) is 5.13. The molecule has 88 valence electrons. The average Bonchev–Trinajstić information content (AvgIpc) is 2.28. The van der Waals surface area contributed by atoms with E-state index in [9.17, 15) is 0 Å². The van der Waals surface area contributed by atoms with Crippen molar-refractivity contribution in [2.45, 2.75) is 18.9 Å². The zero-order valence-electron chi connectivity index (χ0n) is 8.88. The van der Waals surface area contributed by atoms with E-state index in [4.69, 9.17) is 16.0 Å². The SMILES string of the molecule is SCCC[Si]OCCc1cc(Cl)ccc1Br. The Morgan fingerprint density at radius 1 is 1.44 bits per heavy atom. The first-order chi connectivity index (χ1) is 7.74. The molecule has 0 unspecified atom stereocenters. The Morgan fingerprint density at radius 3 is 3.00 bits per heavy atom. The molecule has 0 aliphatic rings. The van der Waals surface area contributed by atoms with Gasteiger partial charge in [0.25, 0.3) is 0 Å². The summed E-state index contributed by atoms with van der Waals surface area (Å²) in [5, 5.41) is 0.774. The van der Waals surface area contributed by atoms with Crippen molar-refractivity contribution in [2.75, 3.05) is 12.4 Å². The fraction of sp³-hybridized carbons (Fsp3) is 0.455. The molecule has 0 bridgehead atoms. The van der Waals surface area contributed by atoms with Gasteiger partial charge in [-0.1, -0.05) is 27.5 Å². The molecule has 0 fully saturated rings. The second-order valence-corrected chi connectivity index (χ2v) is 6.12. The molecule has 2 radical (unpaired) electrons. The van der Waals surface area contributed by atoms with Gasteiger partial charge in [0, 0.05) is 16.1 Å². The van der Waals surface area contributed by atoms with Gasteiger partial charge in [-0.05, 0) is 48.4 Å². The molecule has 0 aliphatic heterocycles. The number of hydrogen-bond acceptors (Lipinski definition) is 2. The van der Waals surface area contributed by atoms with E-state index < -0.39 is 0 Å². The maximum atomic E-state index is 5.93. The molecular weight excluding hydrogens is 324 g/mol. The number of halogens is 2. The van der Waals surface area contributed by atoms with E-state index >= 15 is 0 Å². The van der Waals surface area contributed by atoms with Crippen molar-refractivity contribution in [1.29, 1.82) is 0 Å². The van der Waals surface area contributed by atoms with Crippen molar-refractivity contribution in [3.8, 4) is 0 Å². The summed E-state index contributed by atoms with van der Waals surface area (Å²) in [5.41, 5.74) is 1.20. The molecule has 0 heterocycles. The van der Waals surface area contributed by atoms with E-state index in [1.807, 2.05) is 18.2 Å². The van der Waals surface area contributed by atoms with Crippen molar-refractivity contribution >= 4 is 49.9 Å². The highest BCUT2D eigenvalue weighted by atomic mass is 79.9. The van der Waals surface area contributed by atoms with Gasteiger partial charge in [-0.3, -0.25) is 0 Å². The Bertz CT molecular complexity index is 325. The Hall–Kier alpha value is 0.517. The van der Waals surface area contributed by atoms with E-state index in [0.717, 1.165) is 40.7 Å². The topological polar surface area (TPSA) is 9.23 Å². The normalized spacial score (nSPS) is 10.7. The third kappa shape index (κ3) is 5.73. The number of rotatable bonds is 7.